The van der Waals surface area contributed by atoms with E-state index in [9.17, 15) is 13.2 Å². The number of ether oxygens (including phenoxy) is 1. The Hall–Kier alpha value is -1.35. The maximum atomic E-state index is 12.4. The Morgan fingerprint density at radius 1 is 1.33 bits per heavy atom. The van der Waals surface area contributed by atoms with Crippen molar-refractivity contribution in [2.45, 2.75) is 31.7 Å². The van der Waals surface area contributed by atoms with E-state index in [4.69, 9.17) is 10.5 Å². The first-order valence-corrected chi connectivity index (χ1v) is 8.81. The van der Waals surface area contributed by atoms with Crippen LogP contribution in [0.3, 0.4) is 0 Å². The summed E-state index contributed by atoms with van der Waals surface area (Å²) in [4.78, 5) is 12.1. The van der Waals surface area contributed by atoms with Crippen LogP contribution in [0.2, 0.25) is 0 Å². The first-order valence-electron chi connectivity index (χ1n) is 7.37. The lowest BCUT2D eigenvalue weighted by Gasteiger charge is -2.18. The molecule has 0 saturated heterocycles. The Kier molecular flexibility index (Phi) is 8.70. The van der Waals surface area contributed by atoms with Crippen molar-refractivity contribution in [1.29, 1.82) is 0 Å². The number of carbonyl (C=O) groups excluding carboxylic acids is 1. The van der Waals surface area contributed by atoms with Gasteiger partial charge in [0, 0.05) is 25.8 Å². The number of halogens is 1. The van der Waals surface area contributed by atoms with Crippen LogP contribution in [-0.2, 0) is 14.8 Å². The Morgan fingerprint density at radius 2 is 1.92 bits per heavy atom. The Balaban J connectivity index is 0.00000529. The van der Waals surface area contributed by atoms with Crippen LogP contribution in [0, 0.1) is 5.92 Å². The molecular formula is C15H26ClN3O4S. The number of amides is 1. The highest BCUT2D eigenvalue weighted by Gasteiger charge is 2.24. The van der Waals surface area contributed by atoms with E-state index < -0.39 is 15.9 Å². The van der Waals surface area contributed by atoms with Gasteiger partial charge < -0.3 is 15.8 Å². The molecule has 1 aromatic rings. The maximum absolute atomic E-state index is 12.4. The van der Waals surface area contributed by atoms with Crippen LogP contribution in [0.5, 0.6) is 5.75 Å². The van der Waals surface area contributed by atoms with E-state index in [-0.39, 0.29) is 35.0 Å². The van der Waals surface area contributed by atoms with E-state index in [1.807, 2.05) is 0 Å². The van der Waals surface area contributed by atoms with Crippen molar-refractivity contribution in [3.8, 4) is 5.75 Å². The van der Waals surface area contributed by atoms with Crippen LogP contribution in [0.1, 0.15) is 20.8 Å². The number of nitrogens with two attached hydrogens (primary N) is 1. The Bertz CT molecular complexity index is 663. The molecule has 0 aliphatic rings. The molecule has 0 aliphatic heterocycles. The van der Waals surface area contributed by atoms with Crippen molar-refractivity contribution < 1.29 is 17.9 Å². The molecule has 138 valence electrons. The molecule has 0 spiro atoms. The van der Waals surface area contributed by atoms with Gasteiger partial charge in [-0.05, 0) is 32.0 Å². The highest BCUT2D eigenvalue weighted by molar-refractivity contribution is 7.89. The molecule has 0 fully saturated rings. The molecule has 1 rings (SSSR count). The van der Waals surface area contributed by atoms with Gasteiger partial charge in [-0.1, -0.05) is 6.92 Å². The van der Waals surface area contributed by atoms with Gasteiger partial charge in [-0.15, -0.1) is 12.4 Å². The van der Waals surface area contributed by atoms with Crippen LogP contribution >= 0.6 is 12.4 Å². The number of rotatable bonds is 7. The minimum Gasteiger partial charge on any atom is -0.492 e. The number of benzene rings is 1. The van der Waals surface area contributed by atoms with E-state index >= 15 is 0 Å². The van der Waals surface area contributed by atoms with Crippen molar-refractivity contribution in [2.75, 3.05) is 26.0 Å². The third-order valence-electron chi connectivity index (χ3n) is 3.47. The Morgan fingerprint density at radius 3 is 2.38 bits per heavy atom. The molecule has 2 unspecified atom stereocenters. The molecule has 1 amide bonds. The second-order valence-electron chi connectivity index (χ2n) is 5.52. The van der Waals surface area contributed by atoms with Gasteiger partial charge in [0.2, 0.25) is 15.9 Å². The van der Waals surface area contributed by atoms with E-state index in [1.54, 1.807) is 26.8 Å². The summed E-state index contributed by atoms with van der Waals surface area (Å²) in [5.74, 6) is -0.410. The summed E-state index contributed by atoms with van der Waals surface area (Å²) in [6.45, 7) is 5.56. The van der Waals surface area contributed by atoms with Crippen LogP contribution in [0.15, 0.2) is 23.1 Å². The second kappa shape index (κ2) is 9.22. The summed E-state index contributed by atoms with van der Waals surface area (Å²) < 4.78 is 31.3. The van der Waals surface area contributed by atoms with Gasteiger partial charge in [0.05, 0.1) is 12.5 Å². The summed E-state index contributed by atoms with van der Waals surface area (Å²) in [6.07, 6.45) is 0. The minimum absolute atomic E-state index is 0. The zero-order valence-corrected chi connectivity index (χ0v) is 16.2. The second-order valence-corrected chi connectivity index (χ2v) is 7.64. The van der Waals surface area contributed by atoms with Crippen LogP contribution in [0.25, 0.3) is 0 Å². The minimum atomic E-state index is -3.69. The molecule has 0 heterocycles. The molecule has 1 aromatic carbocycles. The summed E-state index contributed by atoms with van der Waals surface area (Å²) in [5, 5.41) is 2.69. The lowest BCUT2D eigenvalue weighted by atomic mass is 10.0. The van der Waals surface area contributed by atoms with Gasteiger partial charge in [0.15, 0.2) is 0 Å². The molecular weight excluding hydrogens is 354 g/mol. The molecule has 0 radical (unpaired) electrons. The van der Waals surface area contributed by atoms with Crippen LogP contribution in [-0.4, -0.2) is 45.4 Å². The number of hydrogen-bond acceptors (Lipinski definition) is 5. The fourth-order valence-corrected chi connectivity index (χ4v) is 2.80. The quantitative estimate of drug-likeness (QED) is 0.750. The van der Waals surface area contributed by atoms with Gasteiger partial charge in [-0.3, -0.25) is 4.79 Å². The standard InChI is InChI=1S/C15H25N3O4S.ClH/c1-6-22-13-8-7-12(17-15(19)10(2)11(3)16)9-14(13)23(20,21)18(4)5;/h7-11H,6,16H2,1-5H3,(H,17,19);1H. The molecule has 3 N–H and O–H groups in total. The predicted molar refractivity (Wildman–Crippen MR) is 97.2 cm³/mol. The normalized spacial score (nSPS) is 13.8. The first-order chi connectivity index (χ1) is 10.6. The summed E-state index contributed by atoms with van der Waals surface area (Å²) in [7, 11) is -0.814. The molecule has 24 heavy (non-hydrogen) atoms. The number of hydrogen-bond donors (Lipinski definition) is 2. The molecule has 0 aromatic heterocycles. The molecule has 9 heteroatoms. The molecule has 7 nitrogen and oxygen atoms in total. The third-order valence-corrected chi connectivity index (χ3v) is 5.31. The number of nitrogens with zero attached hydrogens (tertiary/aromatic N) is 1. The van der Waals surface area contributed by atoms with Crippen molar-refractivity contribution in [3.05, 3.63) is 18.2 Å². The first kappa shape index (κ1) is 22.6. The third kappa shape index (κ3) is 5.34. The van der Waals surface area contributed by atoms with E-state index in [2.05, 4.69) is 5.32 Å². The van der Waals surface area contributed by atoms with Crippen molar-refractivity contribution >= 4 is 34.0 Å². The van der Waals surface area contributed by atoms with Gasteiger partial charge >= 0.3 is 0 Å². The lowest BCUT2D eigenvalue weighted by Crippen LogP contribution is -2.34. The number of nitrogens with one attached hydrogen (secondary N) is 1. The lowest BCUT2D eigenvalue weighted by molar-refractivity contribution is -0.119. The summed E-state index contributed by atoms with van der Waals surface area (Å²) in [5.41, 5.74) is 6.09. The largest absolute Gasteiger partial charge is 0.492 e. The van der Waals surface area contributed by atoms with Crippen LogP contribution < -0.4 is 15.8 Å². The summed E-state index contributed by atoms with van der Waals surface area (Å²) >= 11 is 0. The predicted octanol–water partition coefficient (Wildman–Crippen LogP) is 1.68. The van der Waals surface area contributed by atoms with Gasteiger partial charge in [-0.2, -0.15) is 0 Å². The van der Waals surface area contributed by atoms with Crippen molar-refractivity contribution in [2.24, 2.45) is 11.7 Å². The molecule has 0 saturated carbocycles. The van der Waals surface area contributed by atoms with Gasteiger partial charge in [-0.25, -0.2) is 12.7 Å². The smallest absolute Gasteiger partial charge is 0.246 e. The Labute approximate surface area is 150 Å². The van der Waals surface area contributed by atoms with E-state index in [0.717, 1.165) is 4.31 Å². The number of carbonyl (C=O) groups is 1. The van der Waals surface area contributed by atoms with Crippen molar-refractivity contribution in [3.63, 3.8) is 0 Å². The average molecular weight is 380 g/mol. The maximum Gasteiger partial charge on any atom is 0.246 e. The van der Waals surface area contributed by atoms with Crippen LogP contribution in [0.4, 0.5) is 5.69 Å². The van der Waals surface area contributed by atoms with E-state index in [0.29, 0.717) is 12.3 Å². The summed E-state index contributed by atoms with van der Waals surface area (Å²) in [6, 6.07) is 4.23. The molecule has 0 bridgehead atoms. The highest BCUT2D eigenvalue weighted by atomic mass is 35.5. The average Bonchev–Trinajstić information content (AvgIpc) is 2.47. The molecule has 0 aliphatic carbocycles. The van der Waals surface area contributed by atoms with Gasteiger partial charge in [0.1, 0.15) is 10.6 Å². The zero-order valence-electron chi connectivity index (χ0n) is 14.6. The van der Waals surface area contributed by atoms with Crippen molar-refractivity contribution in [1.82, 2.24) is 4.31 Å². The highest BCUT2D eigenvalue weighted by Crippen LogP contribution is 2.29. The number of anilines is 1. The van der Waals surface area contributed by atoms with E-state index in [1.165, 1.54) is 26.2 Å². The zero-order chi connectivity index (χ0) is 17.8. The molecule has 2 atom stereocenters. The topological polar surface area (TPSA) is 102 Å². The fourth-order valence-electron chi connectivity index (χ4n) is 1.75. The fraction of sp³-hybridized carbons (Fsp3) is 0.533. The number of sulfonamides is 1. The monoisotopic (exact) mass is 379 g/mol. The van der Waals surface area contributed by atoms with Gasteiger partial charge in [0.25, 0.3) is 0 Å². The SMILES string of the molecule is CCOc1ccc(NC(=O)C(C)C(C)N)cc1S(=O)(=O)N(C)C.Cl.